The lowest BCUT2D eigenvalue weighted by Gasteiger charge is -2.02. The highest BCUT2D eigenvalue weighted by Gasteiger charge is 2.24. The van der Waals surface area contributed by atoms with Crippen molar-refractivity contribution < 1.29 is 4.79 Å². The first-order chi connectivity index (χ1) is 12.6. The highest BCUT2D eigenvalue weighted by molar-refractivity contribution is 8.18. The minimum atomic E-state index is -0.131. The molecule has 1 N–H and O–H groups in total. The highest BCUT2D eigenvalue weighted by atomic mass is 35.5. The van der Waals surface area contributed by atoms with Gasteiger partial charge in [0.25, 0.3) is 5.91 Å². The number of hydrogen-bond acceptors (Lipinski definition) is 3. The van der Waals surface area contributed by atoms with Crippen molar-refractivity contribution in [1.82, 2.24) is 5.32 Å². The average molecular weight is 379 g/mol. The van der Waals surface area contributed by atoms with Crippen LogP contribution in [-0.2, 0) is 4.79 Å². The first-order valence-corrected chi connectivity index (χ1v) is 9.33. The first kappa shape index (κ1) is 16.9. The summed E-state index contributed by atoms with van der Waals surface area (Å²) in [5.41, 5.74) is 2.78. The molecule has 0 radical (unpaired) electrons. The van der Waals surface area contributed by atoms with E-state index in [-0.39, 0.29) is 5.91 Å². The summed E-state index contributed by atoms with van der Waals surface area (Å²) in [7, 11) is 0. The monoisotopic (exact) mass is 378 g/mol. The van der Waals surface area contributed by atoms with Crippen LogP contribution in [0.5, 0.6) is 0 Å². The topological polar surface area (TPSA) is 41.5 Å². The fourth-order valence-corrected chi connectivity index (χ4v) is 3.90. The summed E-state index contributed by atoms with van der Waals surface area (Å²) in [5.74, 6) is -0.131. The van der Waals surface area contributed by atoms with Crippen molar-refractivity contribution >= 4 is 57.0 Å². The van der Waals surface area contributed by atoms with Crippen LogP contribution in [0.3, 0.4) is 0 Å². The van der Waals surface area contributed by atoms with Crippen molar-refractivity contribution in [3.8, 4) is 0 Å². The number of rotatable bonds is 2. The number of benzene rings is 3. The van der Waals surface area contributed by atoms with E-state index in [0.717, 1.165) is 27.6 Å². The molecule has 0 saturated carbocycles. The average Bonchev–Trinajstić information content (AvgIpc) is 2.97. The van der Waals surface area contributed by atoms with E-state index in [1.54, 1.807) is 6.07 Å². The van der Waals surface area contributed by atoms with Gasteiger partial charge in [-0.05, 0) is 64.9 Å². The predicted octanol–water partition coefficient (Wildman–Crippen LogP) is 5.69. The van der Waals surface area contributed by atoms with Gasteiger partial charge in [-0.2, -0.15) is 0 Å². The highest BCUT2D eigenvalue weighted by Crippen LogP contribution is 2.31. The van der Waals surface area contributed by atoms with Gasteiger partial charge in [-0.3, -0.25) is 4.79 Å². The first-order valence-electron chi connectivity index (χ1n) is 8.14. The summed E-state index contributed by atoms with van der Waals surface area (Å²) < 4.78 is 0. The van der Waals surface area contributed by atoms with E-state index in [1.165, 1.54) is 11.8 Å². The number of aryl methyl sites for hydroxylation is 1. The Bertz CT molecular complexity index is 1080. The molecule has 1 aliphatic heterocycles. The Morgan fingerprint density at radius 1 is 1.08 bits per heavy atom. The summed E-state index contributed by atoms with van der Waals surface area (Å²) >= 11 is 7.33. The zero-order chi connectivity index (χ0) is 18.1. The number of amides is 1. The van der Waals surface area contributed by atoms with Crippen LogP contribution in [0.2, 0.25) is 5.02 Å². The summed E-state index contributed by atoms with van der Waals surface area (Å²) in [5, 5.41) is 6.35. The molecule has 1 amide bonds. The number of carbonyl (C=O) groups excluding carboxylic acids is 1. The molecule has 128 valence electrons. The Morgan fingerprint density at radius 2 is 1.88 bits per heavy atom. The minimum absolute atomic E-state index is 0.131. The second-order valence-electron chi connectivity index (χ2n) is 5.98. The fourth-order valence-electron chi connectivity index (χ4n) is 2.85. The molecule has 0 aliphatic carbocycles. The molecule has 1 saturated heterocycles. The lowest BCUT2D eigenvalue weighted by atomic mass is 10.0. The van der Waals surface area contributed by atoms with Gasteiger partial charge >= 0.3 is 0 Å². The normalized spacial score (nSPS) is 17.2. The summed E-state index contributed by atoms with van der Waals surface area (Å²) in [6.07, 6.45) is 1.92. The van der Waals surface area contributed by atoms with Gasteiger partial charge in [0.15, 0.2) is 5.17 Å². The lowest BCUT2D eigenvalue weighted by molar-refractivity contribution is -0.115. The molecule has 5 heteroatoms. The van der Waals surface area contributed by atoms with Gasteiger partial charge < -0.3 is 5.32 Å². The molecule has 0 aromatic heterocycles. The number of hydrogen-bond donors (Lipinski definition) is 1. The molecule has 1 fully saturated rings. The zero-order valence-corrected chi connectivity index (χ0v) is 15.6. The minimum Gasteiger partial charge on any atom is -0.300 e. The molecule has 26 heavy (non-hydrogen) atoms. The third kappa shape index (κ3) is 3.39. The maximum Gasteiger partial charge on any atom is 0.264 e. The van der Waals surface area contributed by atoms with Crippen molar-refractivity contribution in [1.29, 1.82) is 0 Å². The van der Waals surface area contributed by atoms with Crippen LogP contribution >= 0.6 is 23.4 Å². The smallest absolute Gasteiger partial charge is 0.264 e. The summed E-state index contributed by atoms with van der Waals surface area (Å²) in [6.45, 7) is 1.94. The van der Waals surface area contributed by atoms with Crippen LogP contribution in [0.15, 0.2) is 70.6 Å². The Kier molecular flexibility index (Phi) is 4.53. The molecular formula is C21H15ClN2OS. The molecule has 3 aromatic carbocycles. The number of halogens is 1. The largest absolute Gasteiger partial charge is 0.300 e. The van der Waals surface area contributed by atoms with Gasteiger partial charge in [-0.1, -0.05) is 54.1 Å². The Labute approximate surface area is 160 Å². The number of thioether (sulfide) groups is 1. The quantitative estimate of drug-likeness (QED) is 0.581. The van der Waals surface area contributed by atoms with Gasteiger partial charge in [0, 0.05) is 5.02 Å². The van der Waals surface area contributed by atoms with Crippen molar-refractivity contribution in [3.63, 3.8) is 0 Å². The van der Waals surface area contributed by atoms with E-state index < -0.39 is 0 Å². The fraction of sp³-hybridized carbons (Fsp3) is 0.0476. The summed E-state index contributed by atoms with van der Waals surface area (Å²) in [6, 6.07) is 19.7. The van der Waals surface area contributed by atoms with Crippen molar-refractivity contribution in [2.45, 2.75) is 6.92 Å². The maximum absolute atomic E-state index is 12.4. The maximum atomic E-state index is 12.4. The molecule has 3 nitrogen and oxygen atoms in total. The number of nitrogens with one attached hydrogen (secondary N) is 1. The molecule has 3 aromatic rings. The second kappa shape index (κ2) is 6.98. The Hall–Kier alpha value is -2.56. The molecule has 1 aliphatic rings. The van der Waals surface area contributed by atoms with Gasteiger partial charge in [0.2, 0.25) is 0 Å². The standard InChI is InChI=1S/C21H15ClN2OS/c1-13-11-16(22)9-10-18(13)23-21-24-20(25)19(26-21)12-15-7-4-6-14-5-2-3-8-17(14)15/h2-12H,1H3,(H,23,24,25)/b19-12-. The van der Waals surface area contributed by atoms with Gasteiger partial charge in [0.1, 0.15) is 0 Å². The number of amidine groups is 1. The third-order valence-corrected chi connectivity index (χ3v) is 5.29. The lowest BCUT2D eigenvalue weighted by Crippen LogP contribution is -2.19. The van der Waals surface area contributed by atoms with Crippen LogP contribution in [0, 0.1) is 6.92 Å². The molecule has 0 bridgehead atoms. The van der Waals surface area contributed by atoms with E-state index in [1.807, 2.05) is 49.4 Å². The molecule has 0 atom stereocenters. The van der Waals surface area contributed by atoms with Gasteiger partial charge in [-0.15, -0.1) is 0 Å². The zero-order valence-electron chi connectivity index (χ0n) is 14.0. The van der Waals surface area contributed by atoms with E-state index in [4.69, 9.17) is 11.6 Å². The predicted molar refractivity (Wildman–Crippen MR) is 111 cm³/mol. The van der Waals surface area contributed by atoms with E-state index >= 15 is 0 Å². The number of carbonyl (C=O) groups is 1. The van der Waals surface area contributed by atoms with E-state index in [2.05, 4.69) is 28.5 Å². The molecule has 4 rings (SSSR count). The van der Waals surface area contributed by atoms with E-state index in [0.29, 0.717) is 15.1 Å². The van der Waals surface area contributed by atoms with E-state index in [9.17, 15) is 4.79 Å². The molecule has 0 unspecified atom stereocenters. The molecule has 0 spiro atoms. The van der Waals surface area contributed by atoms with Crippen LogP contribution in [0.25, 0.3) is 16.8 Å². The van der Waals surface area contributed by atoms with Crippen LogP contribution in [-0.4, -0.2) is 11.1 Å². The SMILES string of the molecule is Cc1cc(Cl)ccc1N=C1NC(=O)/C(=C/c2cccc3ccccc23)S1. The second-order valence-corrected chi connectivity index (χ2v) is 7.45. The number of aliphatic imine (C=N–C) groups is 1. The number of fused-ring (bicyclic) bond motifs is 1. The summed E-state index contributed by atoms with van der Waals surface area (Å²) in [4.78, 5) is 17.5. The van der Waals surface area contributed by atoms with Crippen molar-refractivity contribution in [3.05, 3.63) is 81.7 Å². The molecule has 1 heterocycles. The van der Waals surface area contributed by atoms with Crippen LogP contribution in [0.4, 0.5) is 5.69 Å². The van der Waals surface area contributed by atoms with Crippen molar-refractivity contribution in [2.75, 3.05) is 0 Å². The van der Waals surface area contributed by atoms with Gasteiger partial charge in [-0.25, -0.2) is 4.99 Å². The third-order valence-electron chi connectivity index (χ3n) is 4.14. The van der Waals surface area contributed by atoms with Gasteiger partial charge in [0.05, 0.1) is 10.6 Å². The van der Waals surface area contributed by atoms with Crippen LogP contribution in [0.1, 0.15) is 11.1 Å². The Balaban J connectivity index is 1.67. The van der Waals surface area contributed by atoms with Crippen molar-refractivity contribution in [2.24, 2.45) is 4.99 Å². The molecular weight excluding hydrogens is 364 g/mol. The Morgan fingerprint density at radius 3 is 2.73 bits per heavy atom. The number of nitrogens with zero attached hydrogens (tertiary/aromatic N) is 1. The van der Waals surface area contributed by atoms with Crippen LogP contribution < -0.4 is 5.32 Å².